The van der Waals surface area contributed by atoms with Crippen molar-refractivity contribution in [2.45, 2.75) is 51.9 Å². The van der Waals surface area contributed by atoms with Gasteiger partial charge in [0.1, 0.15) is 0 Å². The van der Waals surface area contributed by atoms with E-state index >= 15 is 0 Å². The van der Waals surface area contributed by atoms with Crippen LogP contribution in [0.5, 0.6) is 0 Å². The van der Waals surface area contributed by atoms with Gasteiger partial charge in [-0.25, -0.2) is 0 Å². The van der Waals surface area contributed by atoms with E-state index < -0.39 is 0 Å². The van der Waals surface area contributed by atoms with Crippen LogP contribution in [0.25, 0.3) is 22.8 Å². The summed E-state index contributed by atoms with van der Waals surface area (Å²) in [7, 11) is 9.71. The number of hydrogen-bond acceptors (Lipinski definition) is 8. The van der Waals surface area contributed by atoms with Crippen LogP contribution >= 0.6 is 19.4 Å². The minimum atomic E-state index is -0.346. The molecule has 8 aromatic rings. The van der Waals surface area contributed by atoms with Gasteiger partial charge in [-0.05, 0) is 98.5 Å². The molecule has 0 bridgehead atoms. The van der Waals surface area contributed by atoms with Gasteiger partial charge in [0.2, 0.25) is 0 Å². The van der Waals surface area contributed by atoms with Crippen molar-refractivity contribution >= 4 is 43.0 Å². The Balaban J connectivity index is 0.000000220. The zero-order valence-electron chi connectivity index (χ0n) is 39.3. The van der Waals surface area contributed by atoms with E-state index in [9.17, 15) is 19.2 Å². The Kier molecular flexibility index (Phi) is 20.2. The second-order valence-electron chi connectivity index (χ2n) is 16.2. The molecule has 4 aromatic heterocycles. The predicted octanol–water partition coefficient (Wildman–Crippen LogP) is 11.6. The Labute approximate surface area is 429 Å². The van der Waals surface area contributed by atoms with Gasteiger partial charge in [-0.3, -0.25) is 39.1 Å². The van der Waals surface area contributed by atoms with Crippen molar-refractivity contribution in [1.29, 1.82) is 0 Å². The molecule has 0 radical (unpaired) electrons. The van der Waals surface area contributed by atoms with Crippen LogP contribution in [-0.2, 0) is 15.1 Å². The van der Waals surface area contributed by atoms with Gasteiger partial charge >= 0.3 is 34.5 Å². The van der Waals surface area contributed by atoms with Crippen molar-refractivity contribution in [3.63, 3.8) is 0 Å². The number of rotatable bonds is 14. The number of pyridine rings is 4. The van der Waals surface area contributed by atoms with Gasteiger partial charge in [0.15, 0.2) is 0 Å². The summed E-state index contributed by atoms with van der Waals surface area (Å²) in [4.78, 5) is 68.7. The summed E-state index contributed by atoms with van der Waals surface area (Å²) in [5.41, 5.74) is 8.07. The normalized spacial score (nSPS) is 12.2. The average molecular weight is 1070 g/mol. The third kappa shape index (κ3) is 15.8. The third-order valence-electron chi connectivity index (χ3n) is 11.2. The van der Waals surface area contributed by atoms with E-state index in [0.717, 1.165) is 22.3 Å². The van der Waals surface area contributed by atoms with Gasteiger partial charge in [-0.15, -0.1) is 0 Å². The Hall–Kier alpha value is -7.44. The first-order valence-corrected chi connectivity index (χ1v) is 27.0. The molecule has 0 unspecified atom stereocenters. The molecule has 12 nitrogen and oxygen atoms in total. The molecule has 0 fully saturated rings. The molecule has 0 aliphatic heterocycles. The Morgan fingerprint density at radius 3 is 0.718 bits per heavy atom. The van der Waals surface area contributed by atoms with Crippen molar-refractivity contribution in [2.24, 2.45) is 0 Å². The van der Waals surface area contributed by atoms with Gasteiger partial charge in [-0.1, -0.05) is 121 Å². The van der Waals surface area contributed by atoms with Gasteiger partial charge in [0, 0.05) is 47.0 Å². The molecule has 4 atom stereocenters. The zero-order chi connectivity index (χ0) is 50.5. The van der Waals surface area contributed by atoms with Crippen molar-refractivity contribution < 1.29 is 34.3 Å². The van der Waals surface area contributed by atoms with Crippen LogP contribution in [-0.4, -0.2) is 43.6 Å². The Bertz CT molecular complexity index is 2590. The zero-order valence-corrected chi connectivity index (χ0v) is 42.6. The van der Waals surface area contributed by atoms with Crippen LogP contribution < -0.4 is 21.3 Å². The average Bonchev–Trinajstić information content (AvgIpc) is 3.42. The molecule has 0 saturated carbocycles. The Morgan fingerprint density at radius 1 is 0.352 bits per heavy atom. The molecule has 71 heavy (non-hydrogen) atoms. The first kappa shape index (κ1) is 52.9. The number of benzene rings is 4. The van der Waals surface area contributed by atoms with E-state index in [1.54, 1.807) is 73.3 Å². The molecule has 4 amide bonds. The molecular formula is C56H52Cl2N8O4Ru. The summed E-state index contributed by atoms with van der Waals surface area (Å²) in [6.45, 7) is 7.76. The molecule has 4 N–H and O–H groups in total. The summed E-state index contributed by atoms with van der Waals surface area (Å²) in [5, 5.41) is 12.0. The second kappa shape index (κ2) is 27.1. The summed E-state index contributed by atoms with van der Waals surface area (Å²) >= 11 is -0.346. The van der Waals surface area contributed by atoms with Crippen LogP contribution in [0.15, 0.2) is 195 Å². The first-order chi connectivity index (χ1) is 34.4. The van der Waals surface area contributed by atoms with Crippen molar-refractivity contribution in [3.05, 3.63) is 239 Å². The van der Waals surface area contributed by atoms with Gasteiger partial charge in [0.25, 0.3) is 23.6 Å². The minimum absolute atomic E-state index is 0.137. The van der Waals surface area contributed by atoms with Crippen molar-refractivity contribution in [2.75, 3.05) is 0 Å². The monoisotopic (exact) mass is 1070 g/mol. The van der Waals surface area contributed by atoms with Crippen LogP contribution in [0.1, 0.15) is 116 Å². The molecule has 362 valence electrons. The van der Waals surface area contributed by atoms with E-state index in [4.69, 9.17) is 19.4 Å². The summed E-state index contributed by atoms with van der Waals surface area (Å²) in [6.07, 6.45) is 6.29. The Morgan fingerprint density at radius 2 is 0.535 bits per heavy atom. The van der Waals surface area contributed by atoms with Crippen LogP contribution in [0.2, 0.25) is 0 Å². The number of halogens is 2. The van der Waals surface area contributed by atoms with Crippen LogP contribution in [0.4, 0.5) is 0 Å². The predicted molar refractivity (Wildman–Crippen MR) is 276 cm³/mol. The van der Waals surface area contributed by atoms with E-state index in [1.165, 1.54) is 0 Å². The molecular weight excluding hydrogens is 1020 g/mol. The van der Waals surface area contributed by atoms with E-state index in [-0.39, 0.29) is 62.9 Å². The van der Waals surface area contributed by atoms with Crippen LogP contribution in [0.3, 0.4) is 0 Å². The third-order valence-corrected chi connectivity index (χ3v) is 11.2. The molecule has 15 heteroatoms. The number of nitrogens with one attached hydrogen (secondary N) is 4. The number of hydrogen-bond donors (Lipinski definition) is 4. The standard InChI is InChI=1S/2C28H26N4O2.2ClH.Ru/c2*1-19(21-9-5-3-6-10-21)31-27(33)23-13-15-29-25(17-23)26-18-24(14-16-30-26)28(34)32-20(2)22-11-7-4-8-12-22;;;/h2*3-20H,1-2H3,(H,31,33)(H,32,34);2*1H;/q;;;;+2/p-2/t2*19-,20-;;;/m00.../s1. The fraction of sp³-hybridized carbons (Fsp3) is 0.143. The molecule has 4 aromatic carbocycles. The fourth-order valence-corrected chi connectivity index (χ4v) is 7.27. The van der Waals surface area contributed by atoms with E-state index in [2.05, 4.69) is 41.2 Å². The van der Waals surface area contributed by atoms with Gasteiger partial charge < -0.3 is 21.3 Å². The van der Waals surface area contributed by atoms with E-state index in [1.807, 2.05) is 149 Å². The number of carbonyl (C=O) groups is 4. The summed E-state index contributed by atoms with van der Waals surface area (Å²) in [6, 6.07) is 51.9. The maximum atomic E-state index is 12.8. The topological polar surface area (TPSA) is 168 Å². The SMILES string of the molecule is C[C@H](NC(=O)c1ccnc(-c2cc(C(=O)N[C@@H](C)c3ccccc3)ccn2)c1)c1ccccc1.C[C@H](NC(=O)c1ccnc(-c2cc(C(=O)N[C@@H](C)c3ccccc3)ccn2)c1)c1ccccc1.[Cl][Ru][Cl]. The fourth-order valence-electron chi connectivity index (χ4n) is 7.27. The van der Waals surface area contributed by atoms with Crippen molar-refractivity contribution in [3.8, 4) is 22.8 Å². The van der Waals surface area contributed by atoms with Gasteiger partial charge in [0.05, 0.1) is 46.9 Å². The molecule has 0 spiro atoms. The molecule has 0 aliphatic rings. The number of aromatic nitrogens is 4. The summed E-state index contributed by atoms with van der Waals surface area (Å²) in [5.74, 6) is -0.813. The number of nitrogens with zero attached hydrogens (tertiary/aromatic N) is 4. The second-order valence-corrected chi connectivity index (χ2v) is 18.8. The molecule has 0 saturated heterocycles. The quantitative estimate of drug-likeness (QED) is 0.0781. The maximum absolute atomic E-state index is 12.8. The van der Waals surface area contributed by atoms with Crippen molar-refractivity contribution in [1.82, 2.24) is 41.2 Å². The first-order valence-electron chi connectivity index (χ1n) is 22.6. The van der Waals surface area contributed by atoms with Crippen LogP contribution in [0, 0.1) is 0 Å². The molecule has 8 rings (SSSR count). The number of amides is 4. The number of carbonyl (C=O) groups excluding carboxylic acids is 4. The molecule has 4 heterocycles. The molecule has 0 aliphatic carbocycles. The van der Waals surface area contributed by atoms with Gasteiger partial charge in [-0.2, -0.15) is 0 Å². The van der Waals surface area contributed by atoms with E-state index in [0.29, 0.717) is 45.0 Å². The summed E-state index contributed by atoms with van der Waals surface area (Å²) < 4.78 is 0.